The fourth-order valence-corrected chi connectivity index (χ4v) is 3.36. The third-order valence-electron chi connectivity index (χ3n) is 4.62. The van der Waals surface area contributed by atoms with E-state index in [4.69, 9.17) is 16.3 Å². The van der Waals surface area contributed by atoms with E-state index in [9.17, 15) is 9.59 Å². The number of nitrogens with one attached hydrogen (secondary N) is 1. The van der Waals surface area contributed by atoms with Gasteiger partial charge in [-0.15, -0.1) is 0 Å². The molecule has 30 heavy (non-hydrogen) atoms. The molecule has 0 aliphatic carbocycles. The normalized spacial score (nSPS) is 14.9. The van der Waals surface area contributed by atoms with Crippen molar-refractivity contribution in [3.8, 4) is 5.75 Å². The molecule has 0 atom stereocenters. The van der Waals surface area contributed by atoms with Crippen LogP contribution in [0.25, 0.3) is 6.08 Å². The number of anilines is 1. The molecule has 0 saturated carbocycles. The summed E-state index contributed by atoms with van der Waals surface area (Å²) in [5, 5.41) is 3.06. The zero-order valence-electron chi connectivity index (χ0n) is 16.3. The lowest BCUT2D eigenvalue weighted by atomic mass is 10.1. The quantitative estimate of drug-likeness (QED) is 0.450. The first-order chi connectivity index (χ1) is 14.5. The van der Waals surface area contributed by atoms with E-state index >= 15 is 0 Å². The molecule has 3 aromatic carbocycles. The van der Waals surface area contributed by atoms with Gasteiger partial charge >= 0.3 is 6.03 Å². The lowest BCUT2D eigenvalue weighted by Crippen LogP contribution is -2.30. The number of benzene rings is 3. The second-order valence-electron chi connectivity index (χ2n) is 6.96. The lowest BCUT2D eigenvalue weighted by molar-refractivity contribution is -0.113. The van der Waals surface area contributed by atoms with Crippen molar-refractivity contribution in [2.24, 2.45) is 0 Å². The molecule has 1 aliphatic rings. The number of ether oxygens (including phenoxy) is 1. The third-order valence-corrected chi connectivity index (χ3v) is 4.86. The molecule has 3 aromatic rings. The third kappa shape index (κ3) is 4.36. The number of carbonyl (C=O) groups is 2. The topological polar surface area (TPSA) is 58.6 Å². The smallest absolute Gasteiger partial charge is 0.333 e. The number of rotatable bonds is 5. The number of aryl methyl sites for hydroxylation is 1. The summed E-state index contributed by atoms with van der Waals surface area (Å²) in [5.74, 6) is 0.294. The van der Waals surface area contributed by atoms with Crippen LogP contribution in [0.1, 0.15) is 16.7 Å². The summed E-state index contributed by atoms with van der Waals surface area (Å²) in [4.78, 5) is 26.0. The van der Waals surface area contributed by atoms with Gasteiger partial charge < -0.3 is 10.1 Å². The van der Waals surface area contributed by atoms with E-state index < -0.39 is 11.9 Å². The van der Waals surface area contributed by atoms with Crippen LogP contribution in [-0.4, -0.2) is 11.9 Å². The number of hydrogen-bond acceptors (Lipinski definition) is 3. The molecule has 0 bridgehead atoms. The molecule has 4 rings (SSSR count). The van der Waals surface area contributed by atoms with E-state index in [1.54, 1.807) is 30.3 Å². The zero-order chi connectivity index (χ0) is 21.1. The van der Waals surface area contributed by atoms with Gasteiger partial charge in [-0.25, -0.2) is 9.69 Å². The Morgan fingerprint density at radius 2 is 1.77 bits per heavy atom. The molecule has 3 amide bonds. The largest absolute Gasteiger partial charge is 0.489 e. The van der Waals surface area contributed by atoms with Gasteiger partial charge in [0, 0.05) is 5.02 Å². The van der Waals surface area contributed by atoms with Gasteiger partial charge in [0.15, 0.2) is 0 Å². The molecule has 1 fully saturated rings. The Morgan fingerprint density at radius 1 is 1.00 bits per heavy atom. The Balaban J connectivity index is 1.45. The van der Waals surface area contributed by atoms with Crippen molar-refractivity contribution in [2.45, 2.75) is 13.5 Å². The van der Waals surface area contributed by atoms with Gasteiger partial charge in [0.05, 0.1) is 5.69 Å². The average Bonchev–Trinajstić information content (AvgIpc) is 3.00. The van der Waals surface area contributed by atoms with Crippen LogP contribution >= 0.6 is 11.6 Å². The molecule has 1 heterocycles. The van der Waals surface area contributed by atoms with Gasteiger partial charge in [0.25, 0.3) is 5.91 Å². The lowest BCUT2D eigenvalue weighted by Gasteiger charge is -2.11. The first-order valence-electron chi connectivity index (χ1n) is 9.41. The summed E-state index contributed by atoms with van der Waals surface area (Å²) >= 11 is 5.98. The maximum atomic E-state index is 12.7. The Morgan fingerprint density at radius 3 is 2.50 bits per heavy atom. The van der Waals surface area contributed by atoms with Crippen LogP contribution in [0.3, 0.4) is 0 Å². The highest BCUT2D eigenvalue weighted by Crippen LogP contribution is 2.25. The zero-order valence-corrected chi connectivity index (χ0v) is 17.0. The summed E-state index contributed by atoms with van der Waals surface area (Å²) in [5.41, 5.74) is 3.69. The minimum absolute atomic E-state index is 0.202. The fraction of sp³-hybridized carbons (Fsp3) is 0.0833. The van der Waals surface area contributed by atoms with Crippen LogP contribution in [0.5, 0.6) is 5.75 Å². The van der Waals surface area contributed by atoms with Gasteiger partial charge in [-0.3, -0.25) is 4.79 Å². The highest BCUT2D eigenvalue weighted by Gasteiger charge is 2.34. The summed E-state index contributed by atoms with van der Waals surface area (Å²) in [6.07, 6.45) is 1.63. The molecular formula is C24H19ClN2O3. The van der Waals surface area contributed by atoms with Gasteiger partial charge in [-0.1, -0.05) is 59.6 Å². The van der Waals surface area contributed by atoms with Gasteiger partial charge in [0.1, 0.15) is 18.1 Å². The van der Waals surface area contributed by atoms with Crippen LogP contribution in [-0.2, 0) is 11.4 Å². The molecule has 1 saturated heterocycles. The first kappa shape index (κ1) is 19.7. The number of urea groups is 1. The molecule has 0 unspecified atom stereocenters. The number of halogens is 1. The molecule has 0 aromatic heterocycles. The minimum Gasteiger partial charge on any atom is -0.489 e. The Kier molecular flexibility index (Phi) is 5.55. The molecule has 150 valence electrons. The molecule has 6 heteroatoms. The van der Waals surface area contributed by atoms with Gasteiger partial charge in [-0.05, 0) is 54.5 Å². The number of hydrogen-bond donors (Lipinski definition) is 1. The van der Waals surface area contributed by atoms with Crippen LogP contribution in [0.4, 0.5) is 10.5 Å². The second-order valence-corrected chi connectivity index (χ2v) is 7.39. The monoisotopic (exact) mass is 418 g/mol. The maximum Gasteiger partial charge on any atom is 0.333 e. The van der Waals surface area contributed by atoms with Crippen molar-refractivity contribution in [3.63, 3.8) is 0 Å². The first-order valence-corrected chi connectivity index (χ1v) is 9.78. The second kappa shape index (κ2) is 8.43. The Bertz CT molecular complexity index is 1140. The predicted molar refractivity (Wildman–Crippen MR) is 117 cm³/mol. The predicted octanol–water partition coefficient (Wildman–Crippen LogP) is 5.32. The number of imide groups is 1. The SMILES string of the molecule is Cc1cccc(COc2ccc(/C=C3/NC(=O)N(c4cccc(Cl)c4)C3=O)cc2)c1. The number of amides is 3. The van der Waals surface area contributed by atoms with Gasteiger partial charge in [-0.2, -0.15) is 0 Å². The molecule has 1 aliphatic heterocycles. The number of carbonyl (C=O) groups excluding carboxylic acids is 2. The van der Waals surface area contributed by atoms with Crippen molar-refractivity contribution >= 4 is 35.3 Å². The van der Waals surface area contributed by atoms with E-state index in [-0.39, 0.29) is 5.70 Å². The van der Waals surface area contributed by atoms with E-state index in [1.165, 1.54) is 5.56 Å². The van der Waals surface area contributed by atoms with Crippen molar-refractivity contribution in [2.75, 3.05) is 4.90 Å². The van der Waals surface area contributed by atoms with Crippen LogP contribution < -0.4 is 15.0 Å². The van der Waals surface area contributed by atoms with Crippen LogP contribution in [0.2, 0.25) is 5.02 Å². The summed E-state index contributed by atoms with van der Waals surface area (Å²) in [7, 11) is 0. The van der Waals surface area contributed by atoms with Crippen molar-refractivity contribution in [3.05, 3.63) is 100 Å². The van der Waals surface area contributed by atoms with Gasteiger partial charge in [0.2, 0.25) is 0 Å². The highest BCUT2D eigenvalue weighted by molar-refractivity contribution is 6.32. The average molecular weight is 419 g/mol. The minimum atomic E-state index is -0.508. The van der Waals surface area contributed by atoms with Crippen molar-refractivity contribution in [1.29, 1.82) is 0 Å². The molecule has 0 radical (unpaired) electrons. The van der Waals surface area contributed by atoms with E-state index in [2.05, 4.69) is 11.4 Å². The van der Waals surface area contributed by atoms with E-state index in [0.717, 1.165) is 21.8 Å². The van der Waals surface area contributed by atoms with Crippen LogP contribution in [0, 0.1) is 6.92 Å². The molecule has 0 spiro atoms. The van der Waals surface area contributed by atoms with E-state index in [1.807, 2.05) is 49.4 Å². The summed E-state index contributed by atoms with van der Waals surface area (Å²) < 4.78 is 5.82. The van der Waals surface area contributed by atoms with E-state index in [0.29, 0.717) is 17.3 Å². The Labute approximate surface area is 179 Å². The van der Waals surface area contributed by atoms with Crippen LogP contribution in [0.15, 0.2) is 78.5 Å². The maximum absolute atomic E-state index is 12.7. The summed E-state index contributed by atoms with van der Waals surface area (Å²) in [6.45, 7) is 2.52. The number of nitrogens with zero attached hydrogens (tertiary/aromatic N) is 1. The fourth-order valence-electron chi connectivity index (χ4n) is 3.18. The standard InChI is InChI=1S/C24H19ClN2O3/c1-16-4-2-5-18(12-16)15-30-21-10-8-17(9-11-21)13-22-23(28)27(24(29)26-22)20-7-3-6-19(25)14-20/h2-14H,15H2,1H3,(H,26,29)/b22-13+. The molecule has 5 nitrogen and oxygen atoms in total. The van der Waals surface area contributed by atoms with Crippen molar-refractivity contribution < 1.29 is 14.3 Å². The Hall–Kier alpha value is -3.57. The molecular weight excluding hydrogens is 400 g/mol. The van der Waals surface area contributed by atoms with Crippen molar-refractivity contribution in [1.82, 2.24) is 5.32 Å². The summed E-state index contributed by atoms with van der Waals surface area (Å²) in [6, 6.07) is 21.6. The highest BCUT2D eigenvalue weighted by atomic mass is 35.5. The molecule has 1 N–H and O–H groups in total.